The van der Waals surface area contributed by atoms with Gasteiger partial charge >= 0.3 is 0 Å². The van der Waals surface area contributed by atoms with Crippen LogP contribution < -0.4 is 5.32 Å². The second-order valence-corrected chi connectivity index (χ2v) is 6.76. The van der Waals surface area contributed by atoms with Crippen molar-refractivity contribution in [2.45, 2.75) is 38.6 Å². The highest BCUT2D eigenvalue weighted by molar-refractivity contribution is 6.34. The fraction of sp³-hybridized carbons (Fsp3) is 0.588. The molecular weight excluding hydrogens is 284 g/mol. The first kappa shape index (κ1) is 14.9. The molecule has 1 amide bonds. The average molecular weight is 307 g/mol. The molecular formula is C17H23ClN2O. The van der Waals surface area contributed by atoms with E-state index in [1.807, 2.05) is 30.0 Å². The van der Waals surface area contributed by atoms with Gasteiger partial charge in [0, 0.05) is 19.1 Å². The van der Waals surface area contributed by atoms with Crippen LogP contribution in [0.25, 0.3) is 0 Å². The molecule has 3 rings (SSSR count). The average Bonchev–Trinajstić information content (AvgIpc) is 3.14. The lowest BCUT2D eigenvalue weighted by molar-refractivity contribution is 0.0733. The Morgan fingerprint density at radius 2 is 2.14 bits per heavy atom. The molecule has 0 radical (unpaired) electrons. The van der Waals surface area contributed by atoms with Crippen molar-refractivity contribution in [1.29, 1.82) is 0 Å². The first-order chi connectivity index (χ1) is 10.1. The molecule has 4 heteroatoms. The maximum atomic E-state index is 12.9. The molecule has 1 saturated heterocycles. The van der Waals surface area contributed by atoms with Gasteiger partial charge in [0.1, 0.15) is 0 Å². The second kappa shape index (κ2) is 6.37. The third kappa shape index (κ3) is 3.58. The van der Waals surface area contributed by atoms with Crippen LogP contribution in [0.15, 0.2) is 18.2 Å². The van der Waals surface area contributed by atoms with Crippen LogP contribution in [0.1, 0.15) is 41.6 Å². The molecule has 1 N–H and O–H groups in total. The lowest BCUT2D eigenvalue weighted by atomic mass is 10.1. The molecule has 2 fully saturated rings. The number of halogens is 1. The SMILES string of the molecule is Cc1cccc(C(=O)N(CC2CC2)CC2CCCN2)c1Cl. The number of rotatable bonds is 5. The van der Waals surface area contributed by atoms with Crippen molar-refractivity contribution < 1.29 is 4.79 Å². The lowest BCUT2D eigenvalue weighted by Crippen LogP contribution is -2.42. The number of hydrogen-bond donors (Lipinski definition) is 1. The van der Waals surface area contributed by atoms with Crippen molar-refractivity contribution in [3.8, 4) is 0 Å². The molecule has 1 unspecified atom stereocenters. The summed E-state index contributed by atoms with van der Waals surface area (Å²) in [5.74, 6) is 0.781. The van der Waals surface area contributed by atoms with Gasteiger partial charge in [-0.2, -0.15) is 0 Å². The minimum Gasteiger partial charge on any atom is -0.337 e. The Labute approximate surface area is 131 Å². The predicted molar refractivity (Wildman–Crippen MR) is 85.8 cm³/mol. The van der Waals surface area contributed by atoms with Crippen LogP contribution in [0.3, 0.4) is 0 Å². The Bertz CT molecular complexity index is 522. The van der Waals surface area contributed by atoms with Crippen molar-refractivity contribution >= 4 is 17.5 Å². The number of benzene rings is 1. The summed E-state index contributed by atoms with van der Waals surface area (Å²) in [6.45, 7) is 4.70. The van der Waals surface area contributed by atoms with Crippen molar-refractivity contribution in [3.05, 3.63) is 34.3 Å². The van der Waals surface area contributed by atoms with E-state index in [1.165, 1.54) is 19.3 Å². The zero-order valence-electron chi connectivity index (χ0n) is 12.6. The first-order valence-electron chi connectivity index (χ1n) is 7.93. The van der Waals surface area contributed by atoms with Gasteiger partial charge in [-0.25, -0.2) is 0 Å². The van der Waals surface area contributed by atoms with Crippen LogP contribution in [-0.2, 0) is 0 Å². The summed E-state index contributed by atoms with van der Waals surface area (Å²) in [6.07, 6.45) is 4.88. The number of carbonyl (C=O) groups is 1. The van der Waals surface area contributed by atoms with Gasteiger partial charge in [-0.05, 0) is 56.7 Å². The maximum absolute atomic E-state index is 12.9. The van der Waals surface area contributed by atoms with Crippen molar-refractivity contribution in [1.82, 2.24) is 10.2 Å². The minimum atomic E-state index is 0.0873. The Morgan fingerprint density at radius 3 is 2.81 bits per heavy atom. The van der Waals surface area contributed by atoms with Gasteiger partial charge in [-0.15, -0.1) is 0 Å². The number of amides is 1. The zero-order valence-corrected chi connectivity index (χ0v) is 13.3. The van der Waals surface area contributed by atoms with Gasteiger partial charge in [0.2, 0.25) is 0 Å². The van der Waals surface area contributed by atoms with Gasteiger partial charge < -0.3 is 10.2 Å². The van der Waals surface area contributed by atoms with Gasteiger partial charge in [-0.3, -0.25) is 4.79 Å². The molecule has 1 aromatic carbocycles. The molecule has 1 atom stereocenters. The molecule has 1 saturated carbocycles. The van der Waals surface area contributed by atoms with E-state index in [2.05, 4.69) is 5.32 Å². The summed E-state index contributed by atoms with van der Waals surface area (Å²) < 4.78 is 0. The monoisotopic (exact) mass is 306 g/mol. The molecule has 0 bridgehead atoms. The summed E-state index contributed by atoms with van der Waals surface area (Å²) in [4.78, 5) is 14.9. The smallest absolute Gasteiger partial charge is 0.255 e. The quantitative estimate of drug-likeness (QED) is 0.905. The number of carbonyl (C=O) groups excluding carboxylic acids is 1. The fourth-order valence-electron chi connectivity index (χ4n) is 3.01. The van der Waals surface area contributed by atoms with Crippen molar-refractivity contribution in [2.75, 3.05) is 19.6 Å². The van der Waals surface area contributed by atoms with E-state index >= 15 is 0 Å². The molecule has 114 valence electrons. The number of aryl methyl sites for hydroxylation is 1. The van der Waals surface area contributed by atoms with Gasteiger partial charge in [0.05, 0.1) is 10.6 Å². The number of nitrogens with zero attached hydrogens (tertiary/aromatic N) is 1. The number of nitrogens with one attached hydrogen (secondary N) is 1. The molecule has 1 heterocycles. The van der Waals surface area contributed by atoms with Gasteiger partial charge in [0.25, 0.3) is 5.91 Å². The molecule has 1 aliphatic carbocycles. The highest BCUT2D eigenvalue weighted by Crippen LogP contribution is 2.31. The molecule has 0 aromatic heterocycles. The van der Waals surface area contributed by atoms with Crippen LogP contribution in [-0.4, -0.2) is 36.5 Å². The predicted octanol–water partition coefficient (Wildman–Crippen LogP) is 3.25. The third-order valence-corrected chi connectivity index (χ3v) is 4.99. The van der Waals surface area contributed by atoms with E-state index in [0.29, 0.717) is 22.5 Å². The molecule has 0 spiro atoms. The van der Waals surface area contributed by atoms with Gasteiger partial charge in [-0.1, -0.05) is 23.7 Å². The summed E-state index contributed by atoms with van der Waals surface area (Å²) in [5, 5.41) is 4.09. The second-order valence-electron chi connectivity index (χ2n) is 6.38. The third-order valence-electron chi connectivity index (χ3n) is 4.49. The van der Waals surface area contributed by atoms with Crippen LogP contribution in [0.2, 0.25) is 5.02 Å². The molecule has 1 aliphatic heterocycles. The Hall–Kier alpha value is -1.06. The molecule has 21 heavy (non-hydrogen) atoms. The highest BCUT2D eigenvalue weighted by Gasteiger charge is 2.30. The van der Waals surface area contributed by atoms with E-state index in [1.54, 1.807) is 0 Å². The summed E-state index contributed by atoms with van der Waals surface area (Å²) in [6, 6.07) is 6.15. The first-order valence-corrected chi connectivity index (χ1v) is 8.30. The van der Waals surface area contributed by atoms with E-state index < -0.39 is 0 Å². The summed E-state index contributed by atoms with van der Waals surface area (Å²) in [5.41, 5.74) is 1.61. The van der Waals surface area contributed by atoms with Gasteiger partial charge in [0.15, 0.2) is 0 Å². The summed E-state index contributed by atoms with van der Waals surface area (Å²) >= 11 is 6.34. The van der Waals surface area contributed by atoms with E-state index in [9.17, 15) is 4.79 Å². The Kier molecular flexibility index (Phi) is 4.51. The Morgan fingerprint density at radius 1 is 1.33 bits per heavy atom. The molecule has 2 aliphatic rings. The molecule has 3 nitrogen and oxygen atoms in total. The zero-order chi connectivity index (χ0) is 14.8. The van der Waals surface area contributed by atoms with Crippen LogP contribution >= 0.6 is 11.6 Å². The van der Waals surface area contributed by atoms with Crippen molar-refractivity contribution in [3.63, 3.8) is 0 Å². The van der Waals surface area contributed by atoms with Crippen LogP contribution in [0, 0.1) is 12.8 Å². The molecule has 1 aromatic rings. The lowest BCUT2D eigenvalue weighted by Gasteiger charge is -2.26. The fourth-order valence-corrected chi connectivity index (χ4v) is 3.22. The largest absolute Gasteiger partial charge is 0.337 e. The van der Waals surface area contributed by atoms with Crippen LogP contribution in [0.4, 0.5) is 0 Å². The number of hydrogen-bond acceptors (Lipinski definition) is 2. The van der Waals surface area contributed by atoms with E-state index in [4.69, 9.17) is 11.6 Å². The normalized spacial score (nSPS) is 21.5. The Balaban J connectivity index is 1.76. The van der Waals surface area contributed by atoms with Crippen molar-refractivity contribution in [2.24, 2.45) is 5.92 Å². The van der Waals surface area contributed by atoms with Crippen LogP contribution in [0.5, 0.6) is 0 Å². The topological polar surface area (TPSA) is 32.3 Å². The summed E-state index contributed by atoms with van der Waals surface area (Å²) in [7, 11) is 0. The standard InChI is InChI=1S/C17H23ClN2O/c1-12-4-2-6-15(16(12)18)17(21)20(10-13-7-8-13)11-14-5-3-9-19-14/h2,4,6,13-14,19H,3,5,7-11H2,1H3. The van der Waals surface area contributed by atoms with E-state index in [0.717, 1.165) is 31.6 Å². The minimum absolute atomic E-state index is 0.0873. The maximum Gasteiger partial charge on any atom is 0.255 e. The highest BCUT2D eigenvalue weighted by atomic mass is 35.5. The van der Waals surface area contributed by atoms with E-state index in [-0.39, 0.29) is 5.91 Å².